The van der Waals surface area contributed by atoms with Gasteiger partial charge in [-0.1, -0.05) is 11.6 Å². The van der Waals surface area contributed by atoms with E-state index in [9.17, 15) is 9.59 Å². The number of rotatable bonds is 4. The number of hydrogen-bond donors (Lipinski definition) is 2. The zero-order chi connectivity index (χ0) is 16.9. The lowest BCUT2D eigenvalue weighted by molar-refractivity contribution is -0.123. The van der Waals surface area contributed by atoms with Crippen molar-refractivity contribution >= 4 is 23.4 Å². The normalized spacial score (nSPS) is 24.0. The Kier molecular flexibility index (Phi) is 5.74. The quantitative estimate of drug-likeness (QED) is 0.874. The van der Waals surface area contributed by atoms with Crippen molar-refractivity contribution in [1.29, 1.82) is 0 Å². The van der Waals surface area contributed by atoms with Gasteiger partial charge in [-0.2, -0.15) is 0 Å². The number of benzene rings is 1. The summed E-state index contributed by atoms with van der Waals surface area (Å²) in [7, 11) is 0. The molecule has 2 amide bonds. The summed E-state index contributed by atoms with van der Waals surface area (Å²) in [5.41, 5.74) is 0.666. The highest BCUT2D eigenvalue weighted by atomic mass is 35.5. The Morgan fingerprint density at radius 1 is 1.21 bits per heavy atom. The Labute approximate surface area is 147 Å². The highest BCUT2D eigenvalue weighted by Gasteiger charge is 2.26. The van der Waals surface area contributed by atoms with E-state index in [-0.39, 0.29) is 17.9 Å². The zero-order valence-electron chi connectivity index (χ0n) is 13.8. The third kappa shape index (κ3) is 4.28. The molecular formula is C18H24ClN3O2. The van der Waals surface area contributed by atoms with Crippen LogP contribution in [0.4, 0.5) is 0 Å². The molecule has 130 valence electrons. The first-order valence-electron chi connectivity index (χ1n) is 8.69. The molecule has 2 aliphatic heterocycles. The lowest BCUT2D eigenvalue weighted by atomic mass is 9.97. The summed E-state index contributed by atoms with van der Waals surface area (Å²) in [4.78, 5) is 26.6. The predicted octanol–water partition coefficient (Wildman–Crippen LogP) is 2.06. The average Bonchev–Trinajstić information content (AvgIpc) is 3.15. The van der Waals surface area contributed by atoms with E-state index in [2.05, 4.69) is 10.6 Å². The van der Waals surface area contributed by atoms with Crippen molar-refractivity contribution < 1.29 is 9.59 Å². The zero-order valence-corrected chi connectivity index (χ0v) is 14.5. The third-order valence-electron chi connectivity index (χ3n) is 4.84. The first-order valence-corrected chi connectivity index (χ1v) is 9.07. The Morgan fingerprint density at radius 3 is 2.71 bits per heavy atom. The predicted molar refractivity (Wildman–Crippen MR) is 94.1 cm³/mol. The molecule has 2 heterocycles. The van der Waals surface area contributed by atoms with Crippen molar-refractivity contribution in [2.75, 3.05) is 26.2 Å². The van der Waals surface area contributed by atoms with Crippen LogP contribution in [0.1, 0.15) is 36.0 Å². The van der Waals surface area contributed by atoms with Crippen molar-refractivity contribution in [2.45, 2.75) is 31.7 Å². The molecular weight excluding hydrogens is 326 g/mol. The first kappa shape index (κ1) is 17.2. The van der Waals surface area contributed by atoms with E-state index >= 15 is 0 Å². The van der Waals surface area contributed by atoms with Crippen LogP contribution in [0.25, 0.3) is 0 Å². The number of nitrogens with zero attached hydrogens (tertiary/aromatic N) is 1. The fourth-order valence-corrected chi connectivity index (χ4v) is 3.59. The molecule has 0 bridgehead atoms. The molecule has 1 aromatic carbocycles. The van der Waals surface area contributed by atoms with Crippen LogP contribution in [0.2, 0.25) is 5.02 Å². The molecule has 2 aliphatic rings. The number of carbonyl (C=O) groups is 2. The fraction of sp³-hybridized carbons (Fsp3) is 0.556. The maximum atomic E-state index is 12.6. The molecule has 2 saturated heterocycles. The van der Waals surface area contributed by atoms with Crippen molar-refractivity contribution in [3.8, 4) is 0 Å². The van der Waals surface area contributed by atoms with Gasteiger partial charge in [0.25, 0.3) is 5.91 Å². The highest BCUT2D eigenvalue weighted by molar-refractivity contribution is 6.30. The molecule has 2 fully saturated rings. The minimum atomic E-state index is -0.0413. The maximum absolute atomic E-state index is 12.6. The molecule has 1 aromatic rings. The van der Waals surface area contributed by atoms with Crippen LogP contribution in [-0.4, -0.2) is 48.9 Å². The van der Waals surface area contributed by atoms with Gasteiger partial charge in [-0.05, 0) is 62.4 Å². The molecule has 2 N–H and O–H groups in total. The summed E-state index contributed by atoms with van der Waals surface area (Å²) in [6, 6.07) is 6.97. The van der Waals surface area contributed by atoms with Gasteiger partial charge in [0, 0.05) is 30.2 Å². The number of likely N-dealkylation sites (tertiary alicyclic amines) is 1. The van der Waals surface area contributed by atoms with Crippen LogP contribution in [-0.2, 0) is 4.79 Å². The smallest absolute Gasteiger partial charge is 0.253 e. The molecule has 2 atom stereocenters. The first-order chi connectivity index (χ1) is 11.6. The van der Waals surface area contributed by atoms with Gasteiger partial charge in [-0.25, -0.2) is 0 Å². The van der Waals surface area contributed by atoms with Gasteiger partial charge in [-0.3, -0.25) is 9.59 Å². The minimum absolute atomic E-state index is 0.0413. The number of amides is 2. The molecule has 6 heteroatoms. The molecule has 3 rings (SSSR count). The topological polar surface area (TPSA) is 61.4 Å². The summed E-state index contributed by atoms with van der Waals surface area (Å²) in [6.07, 6.45) is 3.99. The van der Waals surface area contributed by atoms with Crippen LogP contribution >= 0.6 is 11.6 Å². The maximum Gasteiger partial charge on any atom is 0.253 e. The van der Waals surface area contributed by atoms with Crippen LogP contribution in [0.3, 0.4) is 0 Å². The van der Waals surface area contributed by atoms with Crippen molar-refractivity contribution in [3.63, 3.8) is 0 Å². The highest BCUT2D eigenvalue weighted by Crippen LogP contribution is 2.19. The number of nitrogens with one attached hydrogen (secondary N) is 2. The molecule has 0 saturated carbocycles. The van der Waals surface area contributed by atoms with Gasteiger partial charge in [-0.15, -0.1) is 0 Å². The SMILES string of the molecule is O=C(NCC1CCCN(C(=O)c2ccc(Cl)cc2)C1)C1CCCN1. The summed E-state index contributed by atoms with van der Waals surface area (Å²) in [6.45, 7) is 3.03. The van der Waals surface area contributed by atoms with E-state index in [1.807, 2.05) is 4.90 Å². The van der Waals surface area contributed by atoms with Gasteiger partial charge >= 0.3 is 0 Å². The second-order valence-electron chi connectivity index (χ2n) is 6.66. The number of hydrogen-bond acceptors (Lipinski definition) is 3. The molecule has 0 radical (unpaired) electrons. The summed E-state index contributed by atoms with van der Waals surface area (Å²) in [5, 5.41) is 6.88. The Bertz CT molecular complexity index is 584. The van der Waals surface area contributed by atoms with E-state index < -0.39 is 0 Å². The van der Waals surface area contributed by atoms with Crippen molar-refractivity contribution in [1.82, 2.24) is 15.5 Å². The second kappa shape index (κ2) is 7.99. The Balaban J connectivity index is 1.51. The Hall–Kier alpha value is -1.59. The van der Waals surface area contributed by atoms with E-state index in [0.717, 1.165) is 38.8 Å². The molecule has 2 unspecified atom stereocenters. The number of halogens is 1. The van der Waals surface area contributed by atoms with Gasteiger partial charge in [0.15, 0.2) is 0 Å². The van der Waals surface area contributed by atoms with Crippen molar-refractivity contribution in [2.24, 2.45) is 5.92 Å². The van der Waals surface area contributed by atoms with Crippen LogP contribution < -0.4 is 10.6 Å². The average molecular weight is 350 g/mol. The van der Waals surface area contributed by atoms with Gasteiger partial charge in [0.1, 0.15) is 0 Å². The van der Waals surface area contributed by atoms with Crippen LogP contribution in [0.15, 0.2) is 24.3 Å². The third-order valence-corrected chi connectivity index (χ3v) is 5.09. The Morgan fingerprint density at radius 2 is 2.00 bits per heavy atom. The monoisotopic (exact) mass is 349 g/mol. The van der Waals surface area contributed by atoms with Crippen LogP contribution in [0.5, 0.6) is 0 Å². The number of carbonyl (C=O) groups excluding carboxylic acids is 2. The minimum Gasteiger partial charge on any atom is -0.354 e. The molecule has 0 aliphatic carbocycles. The van der Waals surface area contributed by atoms with Gasteiger partial charge < -0.3 is 15.5 Å². The molecule has 24 heavy (non-hydrogen) atoms. The molecule has 0 aromatic heterocycles. The van der Waals surface area contributed by atoms with E-state index in [1.54, 1.807) is 24.3 Å². The summed E-state index contributed by atoms with van der Waals surface area (Å²) >= 11 is 5.88. The summed E-state index contributed by atoms with van der Waals surface area (Å²) < 4.78 is 0. The number of piperidine rings is 1. The van der Waals surface area contributed by atoms with E-state index in [0.29, 0.717) is 29.6 Å². The largest absolute Gasteiger partial charge is 0.354 e. The fourth-order valence-electron chi connectivity index (χ4n) is 3.47. The standard InChI is InChI=1S/C18H24ClN3O2/c19-15-7-5-14(6-8-15)18(24)22-10-2-3-13(12-22)11-21-17(23)16-4-1-9-20-16/h5-8,13,16,20H,1-4,9-12H2,(H,21,23). The second-order valence-corrected chi connectivity index (χ2v) is 7.10. The van der Waals surface area contributed by atoms with Crippen molar-refractivity contribution in [3.05, 3.63) is 34.9 Å². The van der Waals surface area contributed by atoms with E-state index in [4.69, 9.17) is 11.6 Å². The molecule has 0 spiro atoms. The lowest BCUT2D eigenvalue weighted by Gasteiger charge is -2.33. The summed E-state index contributed by atoms with van der Waals surface area (Å²) in [5.74, 6) is 0.453. The lowest BCUT2D eigenvalue weighted by Crippen LogP contribution is -2.46. The van der Waals surface area contributed by atoms with E-state index in [1.165, 1.54) is 0 Å². The molecule has 5 nitrogen and oxygen atoms in total. The van der Waals surface area contributed by atoms with Gasteiger partial charge in [0.2, 0.25) is 5.91 Å². The van der Waals surface area contributed by atoms with Gasteiger partial charge in [0.05, 0.1) is 6.04 Å². The van der Waals surface area contributed by atoms with Crippen LogP contribution in [0, 0.1) is 5.92 Å².